The number of carbonyl (C=O) groups is 1. The molecule has 44 heavy (non-hydrogen) atoms. The number of piperidine rings is 1. The van der Waals surface area contributed by atoms with E-state index in [4.69, 9.17) is 19.2 Å². The summed E-state index contributed by atoms with van der Waals surface area (Å²) in [7, 11) is 1.60. The first kappa shape index (κ1) is 30.2. The van der Waals surface area contributed by atoms with Crippen molar-refractivity contribution in [3.05, 3.63) is 35.7 Å². The number of aromatic nitrogens is 4. The van der Waals surface area contributed by atoms with E-state index in [-0.39, 0.29) is 0 Å². The fraction of sp³-hybridized carbons (Fsp3) is 0.581. The van der Waals surface area contributed by atoms with Crippen LogP contribution in [0.5, 0.6) is 11.5 Å². The third-order valence-corrected chi connectivity index (χ3v) is 8.37. The van der Waals surface area contributed by atoms with Crippen molar-refractivity contribution in [1.82, 2.24) is 29.3 Å². The Labute approximate surface area is 257 Å². The maximum absolute atomic E-state index is 13.2. The van der Waals surface area contributed by atoms with Crippen LogP contribution >= 0.6 is 0 Å². The predicted octanol–water partition coefficient (Wildman–Crippen LogP) is 2.39. The second-order valence-electron chi connectivity index (χ2n) is 11.4. The topological polar surface area (TPSA) is 131 Å². The number of hydrogen-bond donors (Lipinski definition) is 2. The molecular formula is C31H43N9O4. The van der Waals surface area contributed by atoms with Gasteiger partial charge in [-0.2, -0.15) is 4.99 Å². The Kier molecular flexibility index (Phi) is 10.2. The fourth-order valence-corrected chi connectivity index (χ4v) is 6.01. The summed E-state index contributed by atoms with van der Waals surface area (Å²) in [5, 5.41) is 7.55. The molecule has 0 spiro atoms. The highest BCUT2D eigenvalue weighted by atomic mass is 16.5. The van der Waals surface area contributed by atoms with Crippen molar-refractivity contribution < 1.29 is 19.0 Å². The van der Waals surface area contributed by atoms with E-state index in [1.165, 1.54) is 44.7 Å². The molecule has 1 amide bonds. The van der Waals surface area contributed by atoms with Gasteiger partial charge in [-0.3, -0.25) is 14.3 Å². The normalized spacial score (nSPS) is 17.8. The van der Waals surface area contributed by atoms with Gasteiger partial charge in [0.05, 0.1) is 32.5 Å². The lowest BCUT2D eigenvalue weighted by atomic mass is 10.1. The second-order valence-corrected chi connectivity index (χ2v) is 11.4. The summed E-state index contributed by atoms with van der Waals surface area (Å²) in [5.41, 5.74) is 1.19. The number of nitrogens with one attached hydrogen (secondary N) is 2. The van der Waals surface area contributed by atoms with Crippen LogP contribution in [0.4, 0.5) is 11.8 Å². The molecule has 1 aromatic carbocycles. The lowest BCUT2D eigenvalue weighted by Gasteiger charge is -2.26. The molecule has 2 saturated heterocycles. The third kappa shape index (κ3) is 7.28. The minimum Gasteiger partial charge on any atom is -0.491 e. The molecule has 0 bridgehead atoms. The summed E-state index contributed by atoms with van der Waals surface area (Å²) < 4.78 is 19.3. The fourth-order valence-electron chi connectivity index (χ4n) is 6.01. The molecule has 3 aliphatic heterocycles. The molecule has 3 aromatic rings. The van der Waals surface area contributed by atoms with Crippen molar-refractivity contribution in [2.45, 2.75) is 38.6 Å². The molecule has 2 fully saturated rings. The Morgan fingerprint density at radius 1 is 1.02 bits per heavy atom. The molecule has 6 rings (SSSR count). The van der Waals surface area contributed by atoms with Crippen LogP contribution in [0.25, 0.3) is 10.9 Å². The quantitative estimate of drug-likeness (QED) is 0.295. The molecule has 0 aliphatic carbocycles. The number of morpholine rings is 1. The van der Waals surface area contributed by atoms with Gasteiger partial charge in [-0.15, -0.1) is 0 Å². The zero-order chi connectivity index (χ0) is 30.1. The number of fused-ring (bicyclic) bond motifs is 3. The van der Waals surface area contributed by atoms with Gasteiger partial charge in [-0.25, -0.2) is 15.0 Å². The van der Waals surface area contributed by atoms with Gasteiger partial charge in [0.2, 0.25) is 11.6 Å². The Hall–Kier alpha value is -3.81. The molecule has 0 unspecified atom stereocenters. The molecule has 0 atom stereocenters. The Morgan fingerprint density at radius 2 is 1.80 bits per heavy atom. The van der Waals surface area contributed by atoms with Gasteiger partial charge in [-0.1, -0.05) is 6.42 Å². The summed E-state index contributed by atoms with van der Waals surface area (Å²) in [6.07, 6.45) is 8.87. The third-order valence-electron chi connectivity index (χ3n) is 8.37. The van der Waals surface area contributed by atoms with Crippen molar-refractivity contribution in [3.63, 3.8) is 0 Å². The first-order valence-corrected chi connectivity index (χ1v) is 15.9. The zero-order valence-electron chi connectivity index (χ0n) is 25.6. The molecule has 2 N–H and O–H groups in total. The molecule has 3 aliphatic rings. The minimum atomic E-state index is -0.454. The maximum Gasteiger partial charge on any atom is 0.283 e. The molecule has 0 radical (unpaired) electrons. The van der Waals surface area contributed by atoms with E-state index in [1.54, 1.807) is 7.11 Å². The van der Waals surface area contributed by atoms with Gasteiger partial charge in [0.25, 0.3) is 5.91 Å². The van der Waals surface area contributed by atoms with E-state index in [0.717, 1.165) is 70.0 Å². The van der Waals surface area contributed by atoms with Crippen LogP contribution in [0.1, 0.15) is 42.5 Å². The van der Waals surface area contributed by atoms with Crippen LogP contribution < -0.4 is 25.7 Å². The van der Waals surface area contributed by atoms with Crippen LogP contribution in [0.3, 0.4) is 0 Å². The number of benzene rings is 1. The van der Waals surface area contributed by atoms with Crippen molar-refractivity contribution in [2.75, 3.05) is 89.9 Å². The molecular weight excluding hydrogens is 562 g/mol. The highest BCUT2D eigenvalue weighted by Gasteiger charge is 2.21. The average molecular weight is 606 g/mol. The van der Waals surface area contributed by atoms with Crippen LogP contribution in [-0.4, -0.2) is 115 Å². The number of carbonyl (C=O) groups excluding carboxylic acids is 1. The van der Waals surface area contributed by atoms with Gasteiger partial charge in [0, 0.05) is 57.0 Å². The van der Waals surface area contributed by atoms with E-state index >= 15 is 0 Å². The summed E-state index contributed by atoms with van der Waals surface area (Å²) in [6.45, 7) is 10.6. The molecule has 5 heterocycles. The van der Waals surface area contributed by atoms with E-state index < -0.39 is 5.91 Å². The zero-order valence-corrected chi connectivity index (χ0v) is 25.6. The number of methoxy groups -OCH3 is 1. The first-order chi connectivity index (χ1) is 21.7. The van der Waals surface area contributed by atoms with Crippen molar-refractivity contribution >= 4 is 28.6 Å². The van der Waals surface area contributed by atoms with Gasteiger partial charge in [0.15, 0.2) is 11.5 Å². The average Bonchev–Trinajstić information content (AvgIpc) is 3.57. The van der Waals surface area contributed by atoms with Crippen LogP contribution in [-0.2, 0) is 11.3 Å². The number of rotatable bonds is 12. The van der Waals surface area contributed by atoms with Gasteiger partial charge in [0.1, 0.15) is 11.3 Å². The largest absolute Gasteiger partial charge is 0.491 e. The molecule has 0 saturated carbocycles. The van der Waals surface area contributed by atoms with Crippen LogP contribution in [0.2, 0.25) is 0 Å². The maximum atomic E-state index is 13.2. The number of hydrogen-bond acceptors (Lipinski definition) is 11. The first-order valence-electron chi connectivity index (χ1n) is 15.9. The van der Waals surface area contributed by atoms with Crippen molar-refractivity contribution in [2.24, 2.45) is 4.99 Å². The smallest absolute Gasteiger partial charge is 0.283 e. The van der Waals surface area contributed by atoms with E-state index in [2.05, 4.69) is 35.4 Å². The van der Waals surface area contributed by atoms with Crippen LogP contribution in [0.15, 0.2) is 29.5 Å². The van der Waals surface area contributed by atoms with Crippen molar-refractivity contribution in [1.29, 1.82) is 0 Å². The minimum absolute atomic E-state index is 0.296. The van der Waals surface area contributed by atoms with Gasteiger partial charge >= 0.3 is 0 Å². The van der Waals surface area contributed by atoms with Crippen LogP contribution in [0, 0.1) is 0 Å². The van der Waals surface area contributed by atoms with Gasteiger partial charge < -0.3 is 29.7 Å². The van der Waals surface area contributed by atoms with E-state index in [1.807, 2.05) is 16.7 Å². The number of amides is 1. The molecule has 13 nitrogen and oxygen atoms in total. The molecule has 2 aromatic heterocycles. The SMILES string of the molecule is COc1c(OCCCN2CCOCC2)ccc2c3n(c(=NC(=O)c4cnc(NCCCN5CCCCC5)nc4)nc12)CCN3. The molecule has 236 valence electrons. The van der Waals surface area contributed by atoms with E-state index in [9.17, 15) is 4.79 Å². The number of likely N-dealkylation sites (tertiary alicyclic amines) is 1. The summed E-state index contributed by atoms with van der Waals surface area (Å²) >= 11 is 0. The Bertz CT molecular complexity index is 1480. The standard InChI is InChI=1S/C31H43N9O4/c1-42-27-25(44-18-6-14-39-16-19-43-20-17-39)8-7-24-26(27)36-31(40-15-10-32-28(24)40)37-29(41)23-21-34-30(35-22-23)33-9-5-13-38-11-3-2-4-12-38/h7-8,21-22,32H,2-6,9-20H2,1H3,(H,33,34,35). The van der Waals surface area contributed by atoms with Gasteiger partial charge in [-0.05, 0) is 57.5 Å². The summed E-state index contributed by atoms with van der Waals surface area (Å²) in [5.74, 6) is 2.03. The summed E-state index contributed by atoms with van der Waals surface area (Å²) in [4.78, 5) is 36.0. The number of ether oxygens (including phenoxy) is 3. The highest BCUT2D eigenvalue weighted by molar-refractivity contribution is 5.96. The van der Waals surface area contributed by atoms with Crippen molar-refractivity contribution in [3.8, 4) is 11.5 Å². The Balaban J connectivity index is 1.14. The van der Waals surface area contributed by atoms with E-state index in [0.29, 0.717) is 53.8 Å². The number of anilines is 2. The lowest BCUT2D eigenvalue weighted by Crippen LogP contribution is -2.37. The predicted molar refractivity (Wildman–Crippen MR) is 167 cm³/mol. The second kappa shape index (κ2) is 14.8. The summed E-state index contributed by atoms with van der Waals surface area (Å²) in [6, 6.07) is 3.89. The lowest BCUT2D eigenvalue weighted by molar-refractivity contribution is 0.0357. The monoisotopic (exact) mass is 605 g/mol. The number of nitrogens with zero attached hydrogens (tertiary/aromatic N) is 7. The Morgan fingerprint density at radius 3 is 2.59 bits per heavy atom. The highest BCUT2D eigenvalue weighted by Crippen LogP contribution is 2.37. The molecule has 13 heteroatoms.